The number of hydrogen-bond acceptors (Lipinski definition) is 3. The lowest BCUT2D eigenvalue weighted by molar-refractivity contribution is -0.129. The quantitative estimate of drug-likeness (QED) is 0.770. The Morgan fingerprint density at radius 1 is 1.44 bits per heavy atom. The Kier molecular flexibility index (Phi) is 5.52. The molecule has 0 radical (unpaired) electrons. The monoisotopic (exact) mass is 248 g/mol. The van der Waals surface area contributed by atoms with E-state index in [0.717, 1.165) is 19.4 Å². The van der Waals surface area contributed by atoms with Gasteiger partial charge in [0.05, 0.1) is 12.5 Å². The highest BCUT2D eigenvalue weighted by Crippen LogP contribution is 2.31. The zero-order chi connectivity index (χ0) is 10.7. The third-order valence-electron chi connectivity index (χ3n) is 3.27. The first-order valence-electron chi connectivity index (χ1n) is 5.88. The summed E-state index contributed by atoms with van der Waals surface area (Å²) in [6, 6.07) is 0.151. The molecular formula is C11H21ClN2O2. The minimum Gasteiger partial charge on any atom is -0.381 e. The molecule has 0 aromatic carbocycles. The van der Waals surface area contributed by atoms with Gasteiger partial charge < -0.3 is 15.8 Å². The van der Waals surface area contributed by atoms with Crippen molar-refractivity contribution in [3.63, 3.8) is 0 Å². The summed E-state index contributed by atoms with van der Waals surface area (Å²) in [4.78, 5) is 11.7. The first kappa shape index (κ1) is 13.7. The Morgan fingerprint density at radius 3 is 2.75 bits per heavy atom. The van der Waals surface area contributed by atoms with E-state index in [-0.39, 0.29) is 30.3 Å². The molecule has 0 aromatic rings. The molecule has 0 aromatic heterocycles. The largest absolute Gasteiger partial charge is 0.381 e. The zero-order valence-corrected chi connectivity index (χ0v) is 10.3. The molecule has 2 rings (SSSR count). The van der Waals surface area contributed by atoms with E-state index in [4.69, 9.17) is 10.5 Å². The summed E-state index contributed by atoms with van der Waals surface area (Å²) in [6.45, 7) is 2.00. The average molecular weight is 249 g/mol. The second-order valence-electron chi connectivity index (χ2n) is 4.66. The normalized spacial score (nSPS) is 26.7. The van der Waals surface area contributed by atoms with Crippen LogP contribution in [0.4, 0.5) is 0 Å². The lowest BCUT2D eigenvalue weighted by atomic mass is 10.0. The topological polar surface area (TPSA) is 64.3 Å². The van der Waals surface area contributed by atoms with E-state index in [9.17, 15) is 4.79 Å². The van der Waals surface area contributed by atoms with Crippen LogP contribution < -0.4 is 11.1 Å². The van der Waals surface area contributed by atoms with E-state index in [2.05, 4.69) is 5.32 Å². The molecule has 2 aliphatic rings. The number of amides is 1. The highest BCUT2D eigenvalue weighted by molar-refractivity contribution is 5.85. The summed E-state index contributed by atoms with van der Waals surface area (Å²) in [5.41, 5.74) is 5.91. The molecule has 1 aliphatic carbocycles. The van der Waals surface area contributed by atoms with Crippen molar-refractivity contribution in [1.29, 1.82) is 0 Å². The third kappa shape index (κ3) is 3.92. The first-order valence-corrected chi connectivity index (χ1v) is 5.88. The van der Waals surface area contributed by atoms with Crippen molar-refractivity contribution in [1.82, 2.24) is 5.32 Å². The molecule has 0 bridgehead atoms. The summed E-state index contributed by atoms with van der Waals surface area (Å²) < 4.78 is 5.28. The molecule has 2 atom stereocenters. The van der Waals surface area contributed by atoms with Crippen LogP contribution in [0.3, 0.4) is 0 Å². The Bertz CT molecular complexity index is 228. The number of nitrogens with two attached hydrogens (primary N) is 1. The minimum absolute atomic E-state index is 0. The van der Waals surface area contributed by atoms with E-state index in [1.807, 2.05) is 0 Å². The molecule has 1 amide bonds. The van der Waals surface area contributed by atoms with Gasteiger partial charge >= 0.3 is 0 Å². The molecule has 2 unspecified atom stereocenters. The molecule has 2 fully saturated rings. The number of nitrogens with one attached hydrogen (secondary N) is 1. The Hall–Kier alpha value is -0.320. The average Bonchev–Trinajstić information content (AvgIpc) is 3.10. The molecule has 5 heteroatoms. The van der Waals surface area contributed by atoms with Crippen LogP contribution in [-0.2, 0) is 9.53 Å². The summed E-state index contributed by atoms with van der Waals surface area (Å²) in [6.07, 6.45) is 4.39. The number of halogens is 1. The van der Waals surface area contributed by atoms with E-state index < -0.39 is 0 Å². The summed E-state index contributed by atoms with van der Waals surface area (Å²) in [5, 5.41) is 2.93. The maximum absolute atomic E-state index is 11.7. The standard InChI is InChI=1S/C11H20N2O2.ClH/c12-10(8-3-4-8)6-13-11(14)9-2-1-5-15-7-9;/h8-10H,1-7,12H2,(H,13,14);1H. The maximum Gasteiger partial charge on any atom is 0.225 e. The predicted octanol–water partition coefficient (Wildman–Crippen LogP) is 0.688. The number of ether oxygens (including phenoxy) is 1. The molecule has 1 saturated heterocycles. The molecule has 3 N–H and O–H groups in total. The van der Waals surface area contributed by atoms with Gasteiger partial charge in [-0.2, -0.15) is 0 Å². The number of carbonyl (C=O) groups is 1. The van der Waals surface area contributed by atoms with Crippen molar-refractivity contribution in [2.45, 2.75) is 31.7 Å². The number of carbonyl (C=O) groups excluding carboxylic acids is 1. The van der Waals surface area contributed by atoms with Gasteiger partial charge in [-0.05, 0) is 31.6 Å². The van der Waals surface area contributed by atoms with Crippen LogP contribution in [0.5, 0.6) is 0 Å². The van der Waals surface area contributed by atoms with E-state index >= 15 is 0 Å². The van der Waals surface area contributed by atoms with Gasteiger partial charge in [0.2, 0.25) is 5.91 Å². The first-order chi connectivity index (χ1) is 7.27. The fraction of sp³-hybridized carbons (Fsp3) is 0.909. The van der Waals surface area contributed by atoms with Crippen LogP contribution in [0.1, 0.15) is 25.7 Å². The molecule has 94 valence electrons. The smallest absolute Gasteiger partial charge is 0.225 e. The minimum atomic E-state index is 0. The van der Waals surface area contributed by atoms with Gasteiger partial charge in [-0.15, -0.1) is 12.4 Å². The summed E-state index contributed by atoms with van der Waals surface area (Å²) >= 11 is 0. The molecule has 16 heavy (non-hydrogen) atoms. The van der Waals surface area contributed by atoms with Crippen molar-refractivity contribution >= 4 is 18.3 Å². The van der Waals surface area contributed by atoms with Crippen molar-refractivity contribution in [3.05, 3.63) is 0 Å². The van der Waals surface area contributed by atoms with Crippen LogP contribution in [0, 0.1) is 11.8 Å². The molecular weight excluding hydrogens is 228 g/mol. The third-order valence-corrected chi connectivity index (χ3v) is 3.27. The highest BCUT2D eigenvalue weighted by atomic mass is 35.5. The lowest BCUT2D eigenvalue weighted by Crippen LogP contribution is -2.42. The SMILES string of the molecule is Cl.NC(CNC(=O)C1CCCOC1)C1CC1. The second kappa shape index (κ2) is 6.42. The van der Waals surface area contributed by atoms with Gasteiger partial charge in [-0.25, -0.2) is 0 Å². The van der Waals surface area contributed by atoms with Crippen molar-refractivity contribution in [2.24, 2.45) is 17.6 Å². The van der Waals surface area contributed by atoms with Gasteiger partial charge in [-0.3, -0.25) is 4.79 Å². The van der Waals surface area contributed by atoms with E-state index in [0.29, 0.717) is 19.1 Å². The zero-order valence-electron chi connectivity index (χ0n) is 9.48. The second-order valence-corrected chi connectivity index (χ2v) is 4.66. The van der Waals surface area contributed by atoms with Crippen LogP contribution in [0.2, 0.25) is 0 Å². The van der Waals surface area contributed by atoms with Crippen molar-refractivity contribution in [3.8, 4) is 0 Å². The molecule has 0 spiro atoms. The van der Waals surface area contributed by atoms with E-state index in [1.54, 1.807) is 0 Å². The Morgan fingerprint density at radius 2 is 2.19 bits per heavy atom. The lowest BCUT2D eigenvalue weighted by Gasteiger charge is -2.22. The summed E-state index contributed by atoms with van der Waals surface area (Å²) in [7, 11) is 0. The van der Waals surface area contributed by atoms with E-state index in [1.165, 1.54) is 12.8 Å². The van der Waals surface area contributed by atoms with Crippen molar-refractivity contribution < 1.29 is 9.53 Å². The van der Waals surface area contributed by atoms with Gasteiger partial charge in [0, 0.05) is 19.2 Å². The fourth-order valence-electron chi connectivity index (χ4n) is 2.00. The molecule has 1 heterocycles. The van der Waals surface area contributed by atoms with Gasteiger partial charge in [0.1, 0.15) is 0 Å². The van der Waals surface area contributed by atoms with Gasteiger partial charge in [0.15, 0.2) is 0 Å². The maximum atomic E-state index is 11.7. The Balaban J connectivity index is 0.00000128. The predicted molar refractivity (Wildman–Crippen MR) is 64.5 cm³/mol. The summed E-state index contributed by atoms with van der Waals surface area (Å²) in [5.74, 6) is 0.809. The molecule has 4 nitrogen and oxygen atoms in total. The fourth-order valence-corrected chi connectivity index (χ4v) is 2.00. The van der Waals surface area contributed by atoms with Gasteiger partial charge in [0.25, 0.3) is 0 Å². The van der Waals surface area contributed by atoms with Gasteiger partial charge in [-0.1, -0.05) is 0 Å². The van der Waals surface area contributed by atoms with Crippen LogP contribution >= 0.6 is 12.4 Å². The van der Waals surface area contributed by atoms with Crippen LogP contribution in [0.15, 0.2) is 0 Å². The molecule has 1 aliphatic heterocycles. The van der Waals surface area contributed by atoms with Crippen LogP contribution in [0.25, 0.3) is 0 Å². The van der Waals surface area contributed by atoms with Crippen molar-refractivity contribution in [2.75, 3.05) is 19.8 Å². The van der Waals surface area contributed by atoms with Crippen LogP contribution in [-0.4, -0.2) is 31.7 Å². The Labute approximate surface area is 103 Å². The number of rotatable bonds is 4. The highest BCUT2D eigenvalue weighted by Gasteiger charge is 2.29. The number of hydrogen-bond donors (Lipinski definition) is 2. The molecule has 1 saturated carbocycles.